The first kappa shape index (κ1) is 15.6. The molecule has 1 amide bonds. The summed E-state index contributed by atoms with van der Waals surface area (Å²) in [7, 11) is 0. The molecule has 0 aliphatic heterocycles. The highest BCUT2D eigenvalue weighted by Crippen LogP contribution is 2.34. The molecule has 0 fully saturated rings. The Balaban J connectivity index is 2.37. The largest absolute Gasteiger partial charge is 0.478 e. The van der Waals surface area contributed by atoms with Gasteiger partial charge in [0.15, 0.2) is 0 Å². The summed E-state index contributed by atoms with van der Waals surface area (Å²) < 4.78 is 38.6. The SMILES string of the molecule is O=C(O)c1ccccc1C(=O)Nc1ccccc1C(F)(F)F. The van der Waals surface area contributed by atoms with Crippen molar-refractivity contribution in [2.45, 2.75) is 6.18 Å². The number of carboxylic acid groups (broad SMARTS) is 1. The monoisotopic (exact) mass is 309 g/mol. The van der Waals surface area contributed by atoms with Crippen LogP contribution < -0.4 is 5.32 Å². The van der Waals surface area contributed by atoms with Gasteiger partial charge in [-0.1, -0.05) is 24.3 Å². The minimum Gasteiger partial charge on any atom is -0.478 e. The Labute approximate surface area is 123 Å². The molecular formula is C15H10F3NO3. The molecule has 0 bridgehead atoms. The molecule has 0 heterocycles. The number of aromatic carboxylic acids is 1. The Morgan fingerprint density at radius 3 is 2.05 bits per heavy atom. The number of carbonyl (C=O) groups is 2. The van der Waals surface area contributed by atoms with Gasteiger partial charge in [0, 0.05) is 0 Å². The van der Waals surface area contributed by atoms with E-state index < -0.39 is 29.3 Å². The highest BCUT2D eigenvalue weighted by molar-refractivity contribution is 6.10. The normalized spacial score (nSPS) is 11.0. The van der Waals surface area contributed by atoms with Crippen LogP contribution in [0, 0.1) is 0 Å². The number of benzene rings is 2. The summed E-state index contributed by atoms with van der Waals surface area (Å²) in [5.74, 6) is -2.26. The van der Waals surface area contributed by atoms with Crippen molar-refractivity contribution in [3.63, 3.8) is 0 Å². The van der Waals surface area contributed by atoms with E-state index >= 15 is 0 Å². The second-order valence-corrected chi connectivity index (χ2v) is 4.35. The third-order valence-electron chi connectivity index (χ3n) is 2.88. The predicted molar refractivity (Wildman–Crippen MR) is 72.8 cm³/mol. The third-order valence-corrected chi connectivity index (χ3v) is 2.88. The van der Waals surface area contributed by atoms with Crippen molar-refractivity contribution in [1.29, 1.82) is 0 Å². The topological polar surface area (TPSA) is 66.4 Å². The summed E-state index contributed by atoms with van der Waals surface area (Å²) in [6, 6.07) is 9.75. The zero-order valence-corrected chi connectivity index (χ0v) is 11.0. The van der Waals surface area contributed by atoms with Crippen LogP contribution in [0.25, 0.3) is 0 Å². The van der Waals surface area contributed by atoms with Gasteiger partial charge >= 0.3 is 12.1 Å². The molecule has 0 aliphatic carbocycles. The number of amides is 1. The Morgan fingerprint density at radius 1 is 0.909 bits per heavy atom. The standard InChI is InChI=1S/C15H10F3NO3/c16-15(17,18)11-7-3-4-8-12(11)19-13(20)9-5-1-2-6-10(9)14(21)22/h1-8H,(H,19,20)(H,21,22). The van der Waals surface area contributed by atoms with E-state index in [4.69, 9.17) is 5.11 Å². The van der Waals surface area contributed by atoms with Crippen molar-refractivity contribution in [3.8, 4) is 0 Å². The number of hydrogen-bond acceptors (Lipinski definition) is 2. The van der Waals surface area contributed by atoms with Gasteiger partial charge in [-0.3, -0.25) is 4.79 Å². The maximum Gasteiger partial charge on any atom is 0.418 e. The Morgan fingerprint density at radius 2 is 1.45 bits per heavy atom. The molecule has 4 nitrogen and oxygen atoms in total. The summed E-state index contributed by atoms with van der Waals surface area (Å²) >= 11 is 0. The number of alkyl halides is 3. The van der Waals surface area contributed by atoms with Crippen LogP contribution in [-0.2, 0) is 6.18 Å². The molecule has 7 heteroatoms. The molecule has 2 aromatic carbocycles. The van der Waals surface area contributed by atoms with E-state index in [0.717, 1.165) is 12.1 Å². The lowest BCUT2D eigenvalue weighted by molar-refractivity contribution is -0.136. The molecular weight excluding hydrogens is 299 g/mol. The maximum absolute atomic E-state index is 12.9. The van der Waals surface area contributed by atoms with Gasteiger partial charge in [0.1, 0.15) is 0 Å². The van der Waals surface area contributed by atoms with Gasteiger partial charge < -0.3 is 10.4 Å². The molecule has 0 unspecified atom stereocenters. The molecule has 2 rings (SSSR count). The number of carboxylic acids is 1. The fourth-order valence-corrected chi connectivity index (χ4v) is 1.90. The van der Waals surface area contributed by atoms with E-state index in [1.54, 1.807) is 0 Å². The van der Waals surface area contributed by atoms with Crippen molar-refractivity contribution in [3.05, 3.63) is 65.2 Å². The van der Waals surface area contributed by atoms with Crippen LogP contribution in [0.2, 0.25) is 0 Å². The van der Waals surface area contributed by atoms with Crippen molar-refractivity contribution in [2.24, 2.45) is 0 Å². The van der Waals surface area contributed by atoms with E-state index in [9.17, 15) is 22.8 Å². The third kappa shape index (κ3) is 3.25. The summed E-state index contributed by atoms with van der Waals surface area (Å²) in [4.78, 5) is 23.1. The summed E-state index contributed by atoms with van der Waals surface area (Å²) in [6.45, 7) is 0. The minimum absolute atomic E-state index is 0.216. The van der Waals surface area contributed by atoms with Gasteiger partial charge in [-0.2, -0.15) is 13.2 Å². The quantitative estimate of drug-likeness (QED) is 0.909. The van der Waals surface area contributed by atoms with Gasteiger partial charge in [-0.05, 0) is 24.3 Å². The number of para-hydroxylation sites is 1. The number of nitrogens with one attached hydrogen (secondary N) is 1. The maximum atomic E-state index is 12.9. The van der Waals surface area contributed by atoms with E-state index in [1.807, 2.05) is 0 Å². The predicted octanol–water partition coefficient (Wildman–Crippen LogP) is 3.66. The minimum atomic E-state index is -4.63. The van der Waals surface area contributed by atoms with Gasteiger partial charge in [0.05, 0.1) is 22.4 Å². The molecule has 114 valence electrons. The lowest BCUT2D eigenvalue weighted by atomic mass is 10.1. The zero-order valence-electron chi connectivity index (χ0n) is 11.0. The van der Waals surface area contributed by atoms with E-state index in [2.05, 4.69) is 5.32 Å². The molecule has 0 aliphatic rings. The molecule has 0 saturated heterocycles. The Bertz CT molecular complexity index is 726. The fraction of sp³-hybridized carbons (Fsp3) is 0.0667. The van der Waals surface area contributed by atoms with Crippen LogP contribution in [-0.4, -0.2) is 17.0 Å². The van der Waals surface area contributed by atoms with Crippen molar-refractivity contribution in [1.82, 2.24) is 0 Å². The number of carbonyl (C=O) groups excluding carboxylic acids is 1. The Hall–Kier alpha value is -2.83. The first-order valence-corrected chi connectivity index (χ1v) is 6.10. The van der Waals surface area contributed by atoms with E-state index in [-0.39, 0.29) is 11.1 Å². The average molecular weight is 309 g/mol. The van der Waals surface area contributed by atoms with Crippen LogP contribution >= 0.6 is 0 Å². The molecule has 0 saturated carbocycles. The number of halogens is 3. The first-order chi connectivity index (χ1) is 10.3. The number of rotatable bonds is 3. The van der Waals surface area contributed by atoms with Crippen molar-refractivity contribution >= 4 is 17.6 Å². The zero-order chi connectivity index (χ0) is 16.3. The van der Waals surface area contributed by atoms with Crippen LogP contribution in [0.5, 0.6) is 0 Å². The van der Waals surface area contributed by atoms with Crippen LogP contribution in [0.3, 0.4) is 0 Å². The fourth-order valence-electron chi connectivity index (χ4n) is 1.90. The average Bonchev–Trinajstić information content (AvgIpc) is 2.46. The van der Waals surface area contributed by atoms with E-state index in [0.29, 0.717) is 0 Å². The van der Waals surface area contributed by atoms with Gasteiger partial charge in [-0.25, -0.2) is 4.79 Å². The van der Waals surface area contributed by atoms with Crippen molar-refractivity contribution < 1.29 is 27.9 Å². The molecule has 0 spiro atoms. The van der Waals surface area contributed by atoms with Gasteiger partial charge in [0.2, 0.25) is 0 Å². The van der Waals surface area contributed by atoms with Crippen LogP contribution in [0.1, 0.15) is 26.3 Å². The second kappa shape index (κ2) is 5.88. The summed E-state index contributed by atoms with van der Waals surface area (Å²) in [5.41, 5.74) is -1.94. The Kier molecular flexibility index (Phi) is 4.16. The highest BCUT2D eigenvalue weighted by atomic mass is 19.4. The smallest absolute Gasteiger partial charge is 0.418 e. The molecule has 2 aromatic rings. The van der Waals surface area contributed by atoms with Gasteiger partial charge in [-0.15, -0.1) is 0 Å². The number of anilines is 1. The molecule has 2 N–H and O–H groups in total. The van der Waals surface area contributed by atoms with Crippen LogP contribution in [0.4, 0.5) is 18.9 Å². The summed E-state index contributed by atoms with van der Waals surface area (Å²) in [5, 5.41) is 11.1. The highest BCUT2D eigenvalue weighted by Gasteiger charge is 2.33. The van der Waals surface area contributed by atoms with Crippen molar-refractivity contribution in [2.75, 3.05) is 5.32 Å². The van der Waals surface area contributed by atoms with Gasteiger partial charge in [0.25, 0.3) is 5.91 Å². The molecule has 22 heavy (non-hydrogen) atoms. The second-order valence-electron chi connectivity index (χ2n) is 4.35. The molecule has 0 atom stereocenters. The lowest BCUT2D eigenvalue weighted by Crippen LogP contribution is -2.19. The lowest BCUT2D eigenvalue weighted by Gasteiger charge is -2.14. The molecule has 0 radical (unpaired) electrons. The molecule has 0 aromatic heterocycles. The number of hydrogen-bond donors (Lipinski definition) is 2. The van der Waals surface area contributed by atoms with E-state index in [1.165, 1.54) is 36.4 Å². The first-order valence-electron chi connectivity index (χ1n) is 6.10. The summed E-state index contributed by atoms with van der Waals surface area (Å²) in [6.07, 6.45) is -4.63. The van der Waals surface area contributed by atoms with Crippen LogP contribution in [0.15, 0.2) is 48.5 Å².